The average Bonchev–Trinajstić information content (AvgIpc) is 3.65. The summed E-state index contributed by atoms with van der Waals surface area (Å²) in [4.78, 5) is 2.50. The lowest BCUT2D eigenvalue weighted by Crippen LogP contribution is -2.32. The van der Waals surface area contributed by atoms with Gasteiger partial charge in [-0.25, -0.2) is 0 Å². The predicted octanol–water partition coefficient (Wildman–Crippen LogP) is 16.4. The summed E-state index contributed by atoms with van der Waals surface area (Å²) in [6.07, 6.45) is 0. The van der Waals surface area contributed by atoms with Gasteiger partial charge in [0.2, 0.25) is 0 Å². The van der Waals surface area contributed by atoms with Crippen molar-refractivity contribution in [2.24, 2.45) is 0 Å². The summed E-state index contributed by atoms with van der Waals surface area (Å²) in [5.41, 5.74) is 19.8. The van der Waals surface area contributed by atoms with Crippen LogP contribution in [-0.4, -0.2) is 0 Å². The van der Waals surface area contributed by atoms with Crippen LogP contribution in [0.5, 0.6) is 11.5 Å². The molecule has 0 fully saturated rings. The highest BCUT2D eigenvalue weighted by molar-refractivity contribution is 6.10. The summed E-state index contributed by atoms with van der Waals surface area (Å²) in [5.74, 6) is 1.76. The van der Waals surface area contributed by atoms with Crippen LogP contribution in [0, 0.1) is 0 Å². The molecule has 1 aliphatic heterocycles. The number of anilines is 3. The van der Waals surface area contributed by atoms with Crippen LogP contribution in [0.4, 0.5) is 17.1 Å². The Balaban J connectivity index is 1.11. The molecule has 0 unspecified atom stereocenters. The maximum atomic E-state index is 6.94. The molecule has 2 heteroatoms. The first-order valence-electron chi connectivity index (χ1n) is 22.3. The second-order valence-electron chi connectivity index (χ2n) is 18.0. The highest BCUT2D eigenvalue weighted by Gasteiger charge is 2.51. The van der Waals surface area contributed by atoms with Crippen molar-refractivity contribution >= 4 is 27.8 Å². The topological polar surface area (TPSA) is 12.5 Å². The van der Waals surface area contributed by atoms with Crippen LogP contribution in [0.15, 0.2) is 224 Å². The molecule has 1 heterocycles. The van der Waals surface area contributed by atoms with Crippen LogP contribution in [0.2, 0.25) is 0 Å². The molecule has 0 aromatic heterocycles. The van der Waals surface area contributed by atoms with Crippen LogP contribution in [0.1, 0.15) is 47.2 Å². The molecule has 302 valence electrons. The van der Waals surface area contributed by atoms with Gasteiger partial charge in [0.1, 0.15) is 11.5 Å². The Hall–Kier alpha value is -7.94. The van der Waals surface area contributed by atoms with Gasteiger partial charge in [0.05, 0.1) is 11.1 Å². The summed E-state index contributed by atoms with van der Waals surface area (Å²) in [6, 6.07) is 82.7. The number of benzene rings is 10. The second kappa shape index (κ2) is 13.8. The van der Waals surface area contributed by atoms with Gasteiger partial charge in [-0.1, -0.05) is 190 Å². The first-order chi connectivity index (χ1) is 31.5. The van der Waals surface area contributed by atoms with E-state index in [2.05, 4.69) is 243 Å². The van der Waals surface area contributed by atoms with Gasteiger partial charge in [-0.15, -0.1) is 0 Å². The van der Waals surface area contributed by atoms with Gasteiger partial charge >= 0.3 is 0 Å². The van der Waals surface area contributed by atoms with Gasteiger partial charge in [0.15, 0.2) is 0 Å². The van der Waals surface area contributed by atoms with Crippen LogP contribution in [0.25, 0.3) is 55.3 Å². The summed E-state index contributed by atoms with van der Waals surface area (Å²) in [7, 11) is 0. The summed E-state index contributed by atoms with van der Waals surface area (Å²) >= 11 is 0. The zero-order valence-electron chi connectivity index (χ0n) is 35.7. The minimum absolute atomic E-state index is 0.218. The van der Waals surface area contributed by atoms with E-state index in [1.54, 1.807) is 0 Å². The van der Waals surface area contributed by atoms with E-state index in [1.807, 2.05) is 0 Å². The van der Waals surface area contributed by atoms with Crippen molar-refractivity contribution in [3.8, 4) is 56.0 Å². The first kappa shape index (κ1) is 36.7. The zero-order chi connectivity index (χ0) is 42.6. The van der Waals surface area contributed by atoms with E-state index >= 15 is 0 Å². The molecule has 0 atom stereocenters. The Labute approximate surface area is 374 Å². The van der Waals surface area contributed by atoms with Gasteiger partial charge < -0.3 is 9.64 Å². The fourth-order valence-electron chi connectivity index (χ4n) is 11.4. The second-order valence-corrected chi connectivity index (χ2v) is 18.0. The normalized spacial score (nSPS) is 14.2. The lowest BCUT2D eigenvalue weighted by molar-refractivity contribution is 0.436. The molecule has 0 saturated carbocycles. The smallest absolute Gasteiger partial charge is 0.132 e. The largest absolute Gasteiger partial charge is 0.457 e. The van der Waals surface area contributed by atoms with E-state index in [1.165, 1.54) is 77.5 Å². The Morgan fingerprint density at radius 3 is 1.64 bits per heavy atom. The summed E-state index contributed by atoms with van der Waals surface area (Å²) < 4.78 is 6.94. The maximum Gasteiger partial charge on any atom is 0.132 e. The third kappa shape index (κ3) is 5.14. The van der Waals surface area contributed by atoms with Gasteiger partial charge in [0, 0.05) is 33.5 Å². The minimum Gasteiger partial charge on any atom is -0.457 e. The number of rotatable bonds is 5. The minimum atomic E-state index is -0.595. The van der Waals surface area contributed by atoms with E-state index < -0.39 is 5.41 Å². The van der Waals surface area contributed by atoms with E-state index in [0.29, 0.717) is 0 Å². The lowest BCUT2D eigenvalue weighted by Gasteiger charge is -2.41. The van der Waals surface area contributed by atoms with Crippen LogP contribution in [-0.2, 0) is 10.8 Å². The van der Waals surface area contributed by atoms with Crippen molar-refractivity contribution in [1.82, 2.24) is 0 Å². The fourth-order valence-corrected chi connectivity index (χ4v) is 11.4. The Morgan fingerprint density at radius 1 is 0.359 bits per heavy atom. The number of ether oxygens (including phenoxy) is 1. The molecule has 10 aromatic carbocycles. The molecule has 0 saturated heterocycles. The van der Waals surface area contributed by atoms with Crippen molar-refractivity contribution in [3.05, 3.63) is 258 Å². The zero-order valence-corrected chi connectivity index (χ0v) is 35.7. The highest BCUT2D eigenvalue weighted by Crippen LogP contribution is 2.63. The fraction of sp³-hybridized carbons (Fsp3) is 0.0645. The monoisotopic (exact) mass is 817 g/mol. The number of fused-ring (bicyclic) bond motifs is 11. The Kier molecular flexibility index (Phi) is 7.90. The number of hydrogen-bond donors (Lipinski definition) is 0. The maximum absolute atomic E-state index is 6.94. The standard InChI is InChI=1S/C62H43NO/c1-61(2)50-35-30-44(41-18-7-4-8-19-41)38-49(50)60-56(36-31-43-20-15-26-54(61)59(43)60)63(45-32-28-42(29-33-45)40-16-5-3-6-17-40)46-34-37-58-55(39-46)62(53-25-13-14-27-57(53)64-58)51-23-11-9-21-47(51)48-22-10-12-24-52(48)62/h3-39H,1-2H3. The molecular weight excluding hydrogens is 775 g/mol. The molecule has 0 radical (unpaired) electrons. The molecule has 10 aromatic rings. The quantitative estimate of drug-likeness (QED) is 0.172. The first-order valence-corrected chi connectivity index (χ1v) is 22.3. The highest BCUT2D eigenvalue weighted by atomic mass is 16.5. The number of nitrogens with zero attached hydrogens (tertiary/aromatic N) is 1. The van der Waals surface area contributed by atoms with Crippen LogP contribution in [0.3, 0.4) is 0 Å². The molecule has 3 aliphatic rings. The SMILES string of the molecule is CC1(C)c2ccc(-c3ccccc3)cc2-c2c(N(c3ccc(-c4ccccc4)cc3)c3ccc4c(c3)C3(c5ccccc5O4)c4ccccc4-c4ccccc43)ccc3cccc1c23. The Bertz CT molecular complexity index is 3450. The average molecular weight is 818 g/mol. The van der Waals surface area contributed by atoms with Crippen LogP contribution >= 0.6 is 0 Å². The summed E-state index contributed by atoms with van der Waals surface area (Å²) in [5, 5.41) is 2.55. The van der Waals surface area contributed by atoms with Gasteiger partial charge in [0.25, 0.3) is 0 Å². The van der Waals surface area contributed by atoms with Crippen molar-refractivity contribution in [2.75, 3.05) is 4.90 Å². The van der Waals surface area contributed by atoms with Crippen molar-refractivity contribution in [2.45, 2.75) is 24.7 Å². The van der Waals surface area contributed by atoms with E-state index in [9.17, 15) is 0 Å². The van der Waals surface area contributed by atoms with Gasteiger partial charge in [-0.3, -0.25) is 0 Å². The van der Waals surface area contributed by atoms with E-state index in [-0.39, 0.29) is 5.41 Å². The predicted molar refractivity (Wildman–Crippen MR) is 264 cm³/mol. The number of hydrogen-bond acceptors (Lipinski definition) is 2. The lowest BCUT2D eigenvalue weighted by atomic mass is 9.66. The van der Waals surface area contributed by atoms with E-state index in [0.717, 1.165) is 39.7 Å². The molecular formula is C62H43NO. The van der Waals surface area contributed by atoms with Gasteiger partial charge in [-0.05, 0) is 121 Å². The molecule has 2 aliphatic carbocycles. The third-order valence-electron chi connectivity index (χ3n) is 14.3. The van der Waals surface area contributed by atoms with E-state index in [4.69, 9.17) is 4.74 Å². The van der Waals surface area contributed by atoms with Crippen LogP contribution < -0.4 is 9.64 Å². The molecule has 2 nitrogen and oxygen atoms in total. The van der Waals surface area contributed by atoms with Crippen molar-refractivity contribution < 1.29 is 4.74 Å². The summed E-state index contributed by atoms with van der Waals surface area (Å²) in [6.45, 7) is 4.77. The molecule has 0 bridgehead atoms. The third-order valence-corrected chi connectivity index (χ3v) is 14.3. The molecule has 1 spiro atoms. The molecule has 0 amide bonds. The number of para-hydroxylation sites is 1. The Morgan fingerprint density at radius 2 is 0.922 bits per heavy atom. The van der Waals surface area contributed by atoms with Crippen molar-refractivity contribution in [3.63, 3.8) is 0 Å². The van der Waals surface area contributed by atoms with Gasteiger partial charge in [-0.2, -0.15) is 0 Å². The molecule has 64 heavy (non-hydrogen) atoms. The van der Waals surface area contributed by atoms with Crippen molar-refractivity contribution in [1.29, 1.82) is 0 Å². The molecule has 0 N–H and O–H groups in total. The molecule has 13 rings (SSSR count).